The van der Waals surface area contributed by atoms with E-state index in [1.807, 2.05) is 0 Å². The average Bonchev–Trinajstić information content (AvgIpc) is 3.15. The number of nitrogens with zero attached hydrogens (tertiary/aromatic N) is 1. The first-order valence-electron chi connectivity index (χ1n) is 10.9. The molecule has 27 heavy (non-hydrogen) atoms. The molecule has 1 aromatic carbocycles. The maximum Gasteiger partial charge on any atom is 0.217 e. The lowest BCUT2D eigenvalue weighted by molar-refractivity contribution is -0.120. The number of carbonyl (C=O) groups is 1. The van der Waals surface area contributed by atoms with Crippen LogP contribution in [0.3, 0.4) is 0 Å². The summed E-state index contributed by atoms with van der Waals surface area (Å²) in [5.74, 6) is 1.36. The Morgan fingerprint density at radius 3 is 2.74 bits per heavy atom. The van der Waals surface area contributed by atoms with E-state index in [2.05, 4.69) is 46.7 Å². The minimum absolute atomic E-state index is 0.129. The second-order valence-corrected chi connectivity index (χ2v) is 8.87. The molecule has 0 bridgehead atoms. The molecular weight excluding hydrogens is 334 g/mol. The molecule has 2 heterocycles. The molecular formula is C23H35N3O. The van der Waals surface area contributed by atoms with Crippen molar-refractivity contribution in [2.45, 2.75) is 64.0 Å². The molecule has 3 atom stereocenters. The largest absolute Gasteiger partial charge is 0.353 e. The predicted octanol–water partition coefficient (Wildman–Crippen LogP) is 3.06. The van der Waals surface area contributed by atoms with Crippen LogP contribution in [-0.4, -0.2) is 43.0 Å². The van der Waals surface area contributed by atoms with E-state index in [0.717, 1.165) is 39.1 Å². The van der Waals surface area contributed by atoms with Crippen molar-refractivity contribution in [3.8, 4) is 0 Å². The van der Waals surface area contributed by atoms with Crippen LogP contribution >= 0.6 is 0 Å². The first-order chi connectivity index (χ1) is 13.1. The van der Waals surface area contributed by atoms with E-state index >= 15 is 0 Å². The molecule has 2 fully saturated rings. The highest BCUT2D eigenvalue weighted by Gasteiger charge is 2.53. The van der Waals surface area contributed by atoms with Crippen molar-refractivity contribution < 1.29 is 4.79 Å². The van der Waals surface area contributed by atoms with Crippen LogP contribution in [0.2, 0.25) is 0 Å². The lowest BCUT2D eigenvalue weighted by Crippen LogP contribution is -2.59. The molecule has 1 amide bonds. The van der Waals surface area contributed by atoms with Gasteiger partial charge in [0.15, 0.2) is 0 Å². The highest BCUT2D eigenvalue weighted by atomic mass is 16.1. The predicted molar refractivity (Wildman–Crippen MR) is 110 cm³/mol. The highest BCUT2D eigenvalue weighted by Crippen LogP contribution is 2.53. The first-order valence-corrected chi connectivity index (χ1v) is 10.9. The molecule has 1 aromatic rings. The smallest absolute Gasteiger partial charge is 0.217 e. The van der Waals surface area contributed by atoms with Crippen LogP contribution in [0.15, 0.2) is 24.3 Å². The molecule has 0 radical (unpaired) electrons. The van der Waals surface area contributed by atoms with Gasteiger partial charge >= 0.3 is 0 Å². The molecule has 3 aliphatic rings. The maximum atomic E-state index is 11.9. The standard InChI is InChI=1S/C23H35N3O/c1-3-26-15-18-7-4-5-8-20(18)23(16-26,19-11-13-24-14-12-19)21-9-6-10-22(21)25-17(2)27/h4-5,7-8,19,21-22,24H,3,6,9-16H2,1-2H3,(H,25,27)/t21-,22-,23?/m0/s1. The first kappa shape index (κ1) is 18.9. The summed E-state index contributed by atoms with van der Waals surface area (Å²) in [5.41, 5.74) is 3.26. The zero-order chi connectivity index (χ0) is 18.9. The van der Waals surface area contributed by atoms with Crippen molar-refractivity contribution >= 4 is 5.91 Å². The molecule has 0 aromatic heterocycles. The normalized spacial score (nSPS) is 32.2. The molecule has 4 heteroatoms. The summed E-state index contributed by atoms with van der Waals surface area (Å²) in [5, 5.41) is 6.91. The maximum absolute atomic E-state index is 11.9. The lowest BCUT2D eigenvalue weighted by Gasteiger charge is -2.54. The van der Waals surface area contributed by atoms with Gasteiger partial charge in [-0.25, -0.2) is 0 Å². The molecule has 1 saturated heterocycles. The third-order valence-corrected chi connectivity index (χ3v) is 7.48. The Bertz CT molecular complexity index is 669. The van der Waals surface area contributed by atoms with Crippen LogP contribution in [0.5, 0.6) is 0 Å². The van der Waals surface area contributed by atoms with E-state index in [0.29, 0.717) is 17.9 Å². The van der Waals surface area contributed by atoms with Crippen molar-refractivity contribution in [3.05, 3.63) is 35.4 Å². The third-order valence-electron chi connectivity index (χ3n) is 7.48. The van der Waals surface area contributed by atoms with Gasteiger partial charge in [0.25, 0.3) is 0 Å². The fraction of sp³-hybridized carbons (Fsp3) is 0.696. The number of benzene rings is 1. The Kier molecular flexibility index (Phi) is 5.56. The van der Waals surface area contributed by atoms with Crippen molar-refractivity contribution in [2.24, 2.45) is 11.8 Å². The fourth-order valence-electron chi connectivity index (χ4n) is 6.40. The van der Waals surface area contributed by atoms with Gasteiger partial charge in [-0.1, -0.05) is 37.6 Å². The van der Waals surface area contributed by atoms with Gasteiger partial charge in [-0.2, -0.15) is 0 Å². The second kappa shape index (κ2) is 7.92. The molecule has 2 aliphatic heterocycles. The number of fused-ring (bicyclic) bond motifs is 1. The quantitative estimate of drug-likeness (QED) is 0.857. The van der Waals surface area contributed by atoms with Gasteiger partial charge in [0.05, 0.1) is 0 Å². The molecule has 4 nitrogen and oxygen atoms in total. The Morgan fingerprint density at radius 2 is 2.00 bits per heavy atom. The van der Waals surface area contributed by atoms with Crippen molar-refractivity contribution in [1.82, 2.24) is 15.5 Å². The summed E-state index contributed by atoms with van der Waals surface area (Å²) < 4.78 is 0. The van der Waals surface area contributed by atoms with E-state index in [9.17, 15) is 4.79 Å². The lowest BCUT2D eigenvalue weighted by atomic mass is 9.56. The van der Waals surface area contributed by atoms with E-state index in [1.165, 1.54) is 31.2 Å². The summed E-state index contributed by atoms with van der Waals surface area (Å²) in [6.45, 7) is 9.53. The molecule has 4 rings (SSSR count). The van der Waals surface area contributed by atoms with Gasteiger partial charge in [-0.3, -0.25) is 9.69 Å². The number of likely N-dealkylation sites (N-methyl/N-ethyl adjacent to an activating group) is 1. The van der Waals surface area contributed by atoms with Crippen molar-refractivity contribution in [1.29, 1.82) is 0 Å². The van der Waals surface area contributed by atoms with Gasteiger partial charge < -0.3 is 10.6 Å². The van der Waals surface area contributed by atoms with E-state index in [4.69, 9.17) is 0 Å². The fourth-order valence-corrected chi connectivity index (χ4v) is 6.40. The van der Waals surface area contributed by atoms with Crippen LogP contribution < -0.4 is 10.6 Å². The zero-order valence-electron chi connectivity index (χ0n) is 17.0. The topological polar surface area (TPSA) is 44.4 Å². The summed E-state index contributed by atoms with van der Waals surface area (Å²) >= 11 is 0. The second-order valence-electron chi connectivity index (χ2n) is 8.87. The van der Waals surface area contributed by atoms with Gasteiger partial charge in [0, 0.05) is 31.5 Å². The molecule has 2 N–H and O–H groups in total. The number of piperidine rings is 1. The Labute approximate surface area is 164 Å². The van der Waals surface area contributed by atoms with E-state index in [-0.39, 0.29) is 11.3 Å². The Balaban J connectivity index is 1.82. The van der Waals surface area contributed by atoms with Crippen LogP contribution in [0.25, 0.3) is 0 Å². The summed E-state index contributed by atoms with van der Waals surface area (Å²) in [7, 11) is 0. The Hall–Kier alpha value is -1.39. The SMILES string of the molecule is CCN1Cc2ccccc2C(C2CCNCC2)([C@H]2CCC[C@@H]2NC(C)=O)C1. The van der Waals surface area contributed by atoms with Crippen molar-refractivity contribution in [2.75, 3.05) is 26.2 Å². The highest BCUT2D eigenvalue weighted by molar-refractivity contribution is 5.73. The molecule has 148 valence electrons. The number of rotatable bonds is 4. The summed E-state index contributed by atoms with van der Waals surface area (Å²) in [4.78, 5) is 14.6. The number of nitrogens with one attached hydrogen (secondary N) is 2. The minimum Gasteiger partial charge on any atom is -0.353 e. The molecule has 1 aliphatic carbocycles. The molecule has 0 spiro atoms. The van der Waals surface area contributed by atoms with Crippen LogP contribution in [-0.2, 0) is 16.8 Å². The van der Waals surface area contributed by atoms with E-state index < -0.39 is 0 Å². The Morgan fingerprint density at radius 1 is 1.22 bits per heavy atom. The van der Waals surface area contributed by atoms with Gasteiger partial charge in [-0.05, 0) is 68.3 Å². The monoisotopic (exact) mass is 369 g/mol. The summed E-state index contributed by atoms with van der Waals surface area (Å²) in [6, 6.07) is 9.51. The number of carbonyl (C=O) groups excluding carboxylic acids is 1. The third kappa shape index (κ3) is 3.42. The average molecular weight is 370 g/mol. The van der Waals surface area contributed by atoms with E-state index in [1.54, 1.807) is 12.5 Å². The van der Waals surface area contributed by atoms with Crippen molar-refractivity contribution in [3.63, 3.8) is 0 Å². The number of hydrogen-bond acceptors (Lipinski definition) is 3. The van der Waals surface area contributed by atoms with Gasteiger partial charge in [-0.15, -0.1) is 0 Å². The molecule has 1 unspecified atom stereocenters. The minimum atomic E-state index is 0.129. The number of hydrogen-bond donors (Lipinski definition) is 2. The zero-order valence-corrected chi connectivity index (χ0v) is 17.0. The summed E-state index contributed by atoms with van der Waals surface area (Å²) in [6.07, 6.45) is 6.09. The van der Waals surface area contributed by atoms with Gasteiger partial charge in [0.2, 0.25) is 5.91 Å². The molecule has 1 saturated carbocycles. The van der Waals surface area contributed by atoms with Crippen LogP contribution in [0.4, 0.5) is 0 Å². The number of amides is 1. The van der Waals surface area contributed by atoms with Crippen LogP contribution in [0, 0.1) is 11.8 Å². The van der Waals surface area contributed by atoms with Gasteiger partial charge in [0.1, 0.15) is 0 Å². The van der Waals surface area contributed by atoms with Crippen LogP contribution in [0.1, 0.15) is 57.1 Å².